The number of rotatable bonds is 3. The Morgan fingerprint density at radius 3 is 2.12 bits per heavy atom. The fourth-order valence-corrected chi connectivity index (χ4v) is 1.87. The molecule has 0 N–H and O–H groups in total. The van der Waals surface area contributed by atoms with Crippen LogP contribution < -0.4 is 0 Å². The fourth-order valence-electron chi connectivity index (χ4n) is 1.45. The second-order valence-electron chi connectivity index (χ2n) is 3.52. The van der Waals surface area contributed by atoms with Gasteiger partial charge in [0.25, 0.3) is 0 Å². The highest BCUT2D eigenvalue weighted by atomic mass is 35.5. The minimum atomic E-state index is -0.767. The monoisotopic (exact) mass is 270 g/mol. The van der Waals surface area contributed by atoms with Gasteiger partial charge in [0.15, 0.2) is 16.1 Å². The van der Waals surface area contributed by atoms with Crippen LogP contribution in [0.5, 0.6) is 0 Å². The van der Waals surface area contributed by atoms with Crippen LogP contribution in [0, 0.1) is 5.82 Å². The van der Waals surface area contributed by atoms with Gasteiger partial charge in [-0.2, -0.15) is 0 Å². The number of hydrogen-bond donors (Lipinski definition) is 0. The summed E-state index contributed by atoms with van der Waals surface area (Å²) in [5, 5.41) is -0.457. The van der Waals surface area contributed by atoms with Gasteiger partial charge in [-0.3, -0.25) is 0 Å². The summed E-state index contributed by atoms with van der Waals surface area (Å²) in [6.07, 6.45) is 1.34. The maximum absolute atomic E-state index is 13.1. The van der Waals surface area contributed by atoms with E-state index in [-0.39, 0.29) is 10.3 Å². The third-order valence-corrected chi connectivity index (χ3v) is 2.80. The molecule has 1 aromatic heterocycles. The van der Waals surface area contributed by atoms with Crippen LogP contribution in [0.1, 0.15) is 11.4 Å². The van der Waals surface area contributed by atoms with Crippen LogP contribution >= 0.6 is 23.2 Å². The predicted molar refractivity (Wildman–Crippen MR) is 65.9 cm³/mol. The molecule has 88 valence electrons. The largest absolute Gasteiger partial charge is 0.218 e. The zero-order valence-electron chi connectivity index (χ0n) is 8.83. The minimum absolute atomic E-state index is 0.229. The standard InChI is InChI=1S/C12H9Cl2FN2/c13-11-10(15)12(14)17-9(16-11)7-6-8-4-2-1-3-5-8/h1-5H,6-7H2. The number of aryl methyl sites for hydroxylation is 2. The molecule has 0 atom stereocenters. The quantitative estimate of drug-likeness (QED) is 0.795. The Bertz CT molecular complexity index is 494. The number of nitrogens with zero attached hydrogens (tertiary/aromatic N) is 2. The van der Waals surface area contributed by atoms with Gasteiger partial charge in [-0.05, 0) is 12.0 Å². The molecule has 0 radical (unpaired) electrons. The van der Waals surface area contributed by atoms with Crippen LogP contribution in [-0.4, -0.2) is 9.97 Å². The van der Waals surface area contributed by atoms with E-state index in [1.807, 2.05) is 30.3 Å². The summed E-state index contributed by atoms with van der Waals surface area (Å²) in [6, 6.07) is 9.88. The van der Waals surface area contributed by atoms with Crippen LogP contribution in [0.2, 0.25) is 10.3 Å². The van der Waals surface area contributed by atoms with Crippen molar-refractivity contribution in [2.75, 3.05) is 0 Å². The first-order valence-electron chi connectivity index (χ1n) is 5.08. The summed E-state index contributed by atoms with van der Waals surface area (Å²) in [4.78, 5) is 7.69. The lowest BCUT2D eigenvalue weighted by atomic mass is 10.1. The summed E-state index contributed by atoms with van der Waals surface area (Å²) < 4.78 is 13.1. The van der Waals surface area contributed by atoms with Crippen molar-refractivity contribution in [1.29, 1.82) is 0 Å². The molecule has 0 aliphatic heterocycles. The van der Waals surface area contributed by atoms with Gasteiger partial charge in [0.05, 0.1) is 0 Å². The molecule has 0 amide bonds. The van der Waals surface area contributed by atoms with Gasteiger partial charge in [-0.15, -0.1) is 0 Å². The first-order chi connectivity index (χ1) is 8.16. The van der Waals surface area contributed by atoms with Crippen molar-refractivity contribution < 1.29 is 4.39 Å². The molecule has 2 nitrogen and oxygen atoms in total. The first-order valence-corrected chi connectivity index (χ1v) is 5.84. The number of hydrogen-bond acceptors (Lipinski definition) is 2. The maximum Gasteiger partial charge on any atom is 0.197 e. The van der Waals surface area contributed by atoms with Gasteiger partial charge in [0.2, 0.25) is 0 Å². The zero-order chi connectivity index (χ0) is 12.3. The minimum Gasteiger partial charge on any atom is -0.218 e. The lowest BCUT2D eigenvalue weighted by Gasteiger charge is -2.03. The normalized spacial score (nSPS) is 10.5. The summed E-state index contributed by atoms with van der Waals surface area (Å²) in [6.45, 7) is 0. The third kappa shape index (κ3) is 3.14. The van der Waals surface area contributed by atoms with Crippen molar-refractivity contribution in [3.63, 3.8) is 0 Å². The second kappa shape index (κ2) is 5.43. The highest BCUT2D eigenvalue weighted by molar-refractivity contribution is 6.33. The van der Waals surface area contributed by atoms with Crippen molar-refractivity contribution in [1.82, 2.24) is 9.97 Å². The number of aromatic nitrogens is 2. The zero-order valence-corrected chi connectivity index (χ0v) is 10.3. The molecule has 1 aromatic carbocycles. The van der Waals surface area contributed by atoms with E-state index in [4.69, 9.17) is 23.2 Å². The van der Waals surface area contributed by atoms with Crippen LogP contribution in [-0.2, 0) is 12.8 Å². The summed E-state index contributed by atoms with van der Waals surface area (Å²) in [5.74, 6) is -0.318. The smallest absolute Gasteiger partial charge is 0.197 e. The Hall–Kier alpha value is -1.19. The SMILES string of the molecule is Fc1c(Cl)nc(CCc2ccccc2)nc1Cl. The van der Waals surface area contributed by atoms with E-state index in [0.717, 1.165) is 12.0 Å². The van der Waals surface area contributed by atoms with Gasteiger partial charge in [-0.25, -0.2) is 14.4 Å². The van der Waals surface area contributed by atoms with Crippen molar-refractivity contribution in [2.24, 2.45) is 0 Å². The average Bonchev–Trinajstić information content (AvgIpc) is 2.34. The summed E-state index contributed by atoms with van der Waals surface area (Å²) >= 11 is 11.2. The van der Waals surface area contributed by atoms with Crippen molar-refractivity contribution >= 4 is 23.2 Å². The molecule has 0 saturated carbocycles. The van der Waals surface area contributed by atoms with Crippen molar-refractivity contribution in [3.8, 4) is 0 Å². The predicted octanol–water partition coefficient (Wildman–Crippen LogP) is 3.71. The maximum atomic E-state index is 13.1. The Morgan fingerprint density at radius 1 is 0.941 bits per heavy atom. The van der Waals surface area contributed by atoms with E-state index in [0.29, 0.717) is 12.2 Å². The molecule has 17 heavy (non-hydrogen) atoms. The summed E-state index contributed by atoms with van der Waals surface area (Å²) in [5.41, 5.74) is 1.16. The number of benzene rings is 1. The van der Waals surface area contributed by atoms with Gasteiger partial charge >= 0.3 is 0 Å². The van der Waals surface area contributed by atoms with Crippen molar-refractivity contribution in [2.45, 2.75) is 12.8 Å². The molecule has 0 aliphatic carbocycles. The van der Waals surface area contributed by atoms with E-state index < -0.39 is 5.82 Å². The Labute approximate surface area is 108 Å². The van der Waals surface area contributed by atoms with Crippen LogP contribution in [0.15, 0.2) is 30.3 Å². The molecular formula is C12H9Cl2FN2. The Kier molecular flexibility index (Phi) is 3.92. The Balaban J connectivity index is 2.10. The molecule has 1 heterocycles. The topological polar surface area (TPSA) is 25.8 Å². The van der Waals surface area contributed by atoms with E-state index in [1.54, 1.807) is 0 Å². The molecular weight excluding hydrogens is 262 g/mol. The molecule has 2 aromatic rings. The first kappa shape index (κ1) is 12.3. The molecule has 0 bridgehead atoms. The highest BCUT2D eigenvalue weighted by Gasteiger charge is 2.10. The van der Waals surface area contributed by atoms with Crippen molar-refractivity contribution in [3.05, 3.63) is 57.8 Å². The Morgan fingerprint density at radius 2 is 1.53 bits per heavy atom. The third-order valence-electron chi connectivity index (χ3n) is 2.30. The van der Waals surface area contributed by atoms with Gasteiger partial charge in [0.1, 0.15) is 5.82 Å². The lowest BCUT2D eigenvalue weighted by molar-refractivity contribution is 0.609. The fraction of sp³-hybridized carbons (Fsp3) is 0.167. The van der Waals surface area contributed by atoms with Gasteiger partial charge in [-0.1, -0.05) is 53.5 Å². The van der Waals surface area contributed by atoms with E-state index >= 15 is 0 Å². The average molecular weight is 271 g/mol. The van der Waals surface area contributed by atoms with Crippen LogP contribution in [0.25, 0.3) is 0 Å². The molecule has 0 unspecified atom stereocenters. The van der Waals surface area contributed by atoms with Crippen LogP contribution in [0.3, 0.4) is 0 Å². The molecule has 0 spiro atoms. The van der Waals surface area contributed by atoms with Gasteiger partial charge in [0, 0.05) is 6.42 Å². The van der Waals surface area contributed by atoms with E-state index in [1.165, 1.54) is 0 Å². The molecule has 0 fully saturated rings. The lowest BCUT2D eigenvalue weighted by Crippen LogP contribution is -2.01. The second-order valence-corrected chi connectivity index (χ2v) is 4.24. The molecule has 0 saturated heterocycles. The van der Waals surface area contributed by atoms with Gasteiger partial charge < -0.3 is 0 Å². The van der Waals surface area contributed by atoms with E-state index in [2.05, 4.69) is 9.97 Å². The summed E-state index contributed by atoms with van der Waals surface area (Å²) in [7, 11) is 0. The van der Waals surface area contributed by atoms with Crippen LogP contribution in [0.4, 0.5) is 4.39 Å². The molecule has 2 rings (SSSR count). The van der Waals surface area contributed by atoms with E-state index in [9.17, 15) is 4.39 Å². The molecule has 0 aliphatic rings. The number of halogens is 3. The molecule has 5 heteroatoms. The highest BCUT2D eigenvalue weighted by Crippen LogP contribution is 2.19.